The van der Waals surface area contributed by atoms with E-state index in [9.17, 15) is 4.79 Å². The molecule has 0 bridgehead atoms. The van der Waals surface area contributed by atoms with Crippen LogP contribution in [0.25, 0.3) is 0 Å². The maximum atomic E-state index is 12.5. The highest BCUT2D eigenvalue weighted by Crippen LogP contribution is 2.25. The van der Waals surface area contributed by atoms with E-state index in [1.807, 2.05) is 24.3 Å². The van der Waals surface area contributed by atoms with Gasteiger partial charge in [-0.05, 0) is 69.2 Å². The first kappa shape index (κ1) is 18.9. The van der Waals surface area contributed by atoms with Crippen LogP contribution < -0.4 is 10.1 Å². The van der Waals surface area contributed by atoms with Gasteiger partial charge in [-0.3, -0.25) is 4.79 Å². The summed E-state index contributed by atoms with van der Waals surface area (Å²) in [4.78, 5) is 19.2. The van der Waals surface area contributed by atoms with Crippen LogP contribution >= 0.6 is 15.9 Å². The number of carbonyl (C=O) groups is 1. The zero-order chi connectivity index (χ0) is 18.2. The minimum atomic E-state index is -0.151. The number of benzene rings is 1. The quantitative estimate of drug-likeness (QED) is 0.684. The van der Waals surface area contributed by atoms with Gasteiger partial charge in [-0.15, -0.1) is 0 Å². The first-order chi connectivity index (χ1) is 12.7. The van der Waals surface area contributed by atoms with Gasteiger partial charge < -0.3 is 15.0 Å². The van der Waals surface area contributed by atoms with Crippen molar-refractivity contribution in [2.45, 2.75) is 25.7 Å². The molecule has 1 saturated heterocycles. The molecular formula is C20H24BrN3O2. The van der Waals surface area contributed by atoms with Crippen LogP contribution in [0.1, 0.15) is 36.0 Å². The van der Waals surface area contributed by atoms with E-state index in [1.165, 1.54) is 32.4 Å². The zero-order valence-corrected chi connectivity index (χ0v) is 16.4. The smallest absolute Gasteiger partial charge is 0.256 e. The molecule has 1 aromatic carbocycles. The molecule has 2 heterocycles. The minimum Gasteiger partial charge on any atom is -0.438 e. The summed E-state index contributed by atoms with van der Waals surface area (Å²) in [5.74, 6) is 0.804. The molecule has 0 radical (unpaired) electrons. The van der Waals surface area contributed by atoms with Crippen LogP contribution in [0.15, 0.2) is 47.1 Å². The number of nitrogens with zero attached hydrogens (tertiary/aromatic N) is 2. The Hall–Kier alpha value is -1.92. The van der Waals surface area contributed by atoms with Crippen molar-refractivity contribution in [1.29, 1.82) is 0 Å². The van der Waals surface area contributed by atoms with Crippen molar-refractivity contribution < 1.29 is 9.53 Å². The topological polar surface area (TPSA) is 54.5 Å². The number of carbonyl (C=O) groups excluding carboxylic acids is 1. The number of hydrogen-bond acceptors (Lipinski definition) is 4. The van der Waals surface area contributed by atoms with Gasteiger partial charge in [0.2, 0.25) is 5.88 Å². The Labute approximate surface area is 162 Å². The molecule has 1 aliphatic heterocycles. The fourth-order valence-electron chi connectivity index (χ4n) is 3.07. The molecule has 3 rings (SSSR count). The van der Waals surface area contributed by atoms with E-state index in [-0.39, 0.29) is 5.91 Å². The summed E-state index contributed by atoms with van der Waals surface area (Å²) in [6, 6.07) is 11.0. The summed E-state index contributed by atoms with van der Waals surface area (Å²) >= 11 is 3.41. The van der Waals surface area contributed by atoms with Crippen LogP contribution in [0.4, 0.5) is 0 Å². The zero-order valence-electron chi connectivity index (χ0n) is 14.8. The molecule has 1 aromatic heterocycles. The number of rotatable bonds is 7. The van der Waals surface area contributed by atoms with E-state index in [0.717, 1.165) is 17.4 Å². The van der Waals surface area contributed by atoms with Crippen molar-refractivity contribution in [3.05, 3.63) is 52.6 Å². The average molecular weight is 418 g/mol. The lowest BCUT2D eigenvalue weighted by Crippen LogP contribution is -2.33. The fourth-order valence-corrected chi connectivity index (χ4v) is 3.45. The van der Waals surface area contributed by atoms with Crippen molar-refractivity contribution >= 4 is 21.8 Å². The number of hydrogen-bond donors (Lipinski definition) is 1. The second-order valence-corrected chi connectivity index (χ2v) is 7.34. The van der Waals surface area contributed by atoms with Gasteiger partial charge in [-0.2, -0.15) is 0 Å². The number of amides is 1. The van der Waals surface area contributed by atoms with Crippen LogP contribution in [0.5, 0.6) is 11.6 Å². The number of pyridine rings is 1. The first-order valence-corrected chi connectivity index (χ1v) is 9.91. The molecule has 1 amide bonds. The van der Waals surface area contributed by atoms with Crippen LogP contribution in [-0.2, 0) is 0 Å². The van der Waals surface area contributed by atoms with Gasteiger partial charge in [-0.25, -0.2) is 4.98 Å². The van der Waals surface area contributed by atoms with Crippen molar-refractivity contribution in [3.8, 4) is 11.6 Å². The highest BCUT2D eigenvalue weighted by Gasteiger charge is 2.14. The molecule has 138 valence electrons. The molecule has 0 unspecified atom stereocenters. The molecule has 1 N–H and O–H groups in total. The minimum absolute atomic E-state index is 0.151. The predicted octanol–water partition coefficient (Wildman–Crippen LogP) is 4.24. The second-order valence-electron chi connectivity index (χ2n) is 6.43. The van der Waals surface area contributed by atoms with E-state index in [1.54, 1.807) is 18.3 Å². The number of likely N-dealkylation sites (tertiary alicyclic amines) is 1. The molecule has 0 aliphatic carbocycles. The Bertz CT molecular complexity index is 733. The maximum Gasteiger partial charge on any atom is 0.256 e. The predicted molar refractivity (Wildman–Crippen MR) is 106 cm³/mol. The monoisotopic (exact) mass is 417 g/mol. The van der Waals surface area contributed by atoms with Crippen molar-refractivity contribution in [1.82, 2.24) is 15.2 Å². The lowest BCUT2D eigenvalue weighted by atomic mass is 10.1. The standard InChI is InChI=1S/C20H24BrN3O2/c21-16-7-4-8-17(15-16)26-20-18(9-5-10-23-20)19(25)22-11-6-14-24-12-2-1-3-13-24/h4-5,7-10,15H,1-3,6,11-14H2,(H,22,25). The molecular weight excluding hydrogens is 394 g/mol. The summed E-state index contributed by atoms with van der Waals surface area (Å²) in [5, 5.41) is 2.98. The summed E-state index contributed by atoms with van der Waals surface area (Å²) in [6.45, 7) is 4.05. The van der Waals surface area contributed by atoms with Crippen LogP contribution in [-0.4, -0.2) is 42.0 Å². The lowest BCUT2D eigenvalue weighted by molar-refractivity contribution is 0.0948. The van der Waals surface area contributed by atoms with Crippen molar-refractivity contribution in [2.75, 3.05) is 26.2 Å². The number of aromatic nitrogens is 1. The molecule has 1 fully saturated rings. The van der Waals surface area contributed by atoms with Gasteiger partial charge in [0.1, 0.15) is 11.3 Å². The Kier molecular flexibility index (Phi) is 7.03. The molecule has 0 spiro atoms. The summed E-state index contributed by atoms with van der Waals surface area (Å²) in [5.41, 5.74) is 0.449. The molecule has 0 saturated carbocycles. The third-order valence-electron chi connectivity index (χ3n) is 4.41. The van der Waals surface area contributed by atoms with Crippen LogP contribution in [0, 0.1) is 0 Å². The highest BCUT2D eigenvalue weighted by atomic mass is 79.9. The molecule has 6 heteroatoms. The van der Waals surface area contributed by atoms with Crippen molar-refractivity contribution in [2.24, 2.45) is 0 Å². The molecule has 1 aliphatic rings. The number of halogens is 1. The van der Waals surface area contributed by atoms with Crippen LogP contribution in [0.2, 0.25) is 0 Å². The first-order valence-electron chi connectivity index (χ1n) is 9.11. The SMILES string of the molecule is O=C(NCCCN1CCCCC1)c1cccnc1Oc1cccc(Br)c1. The highest BCUT2D eigenvalue weighted by molar-refractivity contribution is 9.10. The Morgan fingerprint density at radius 1 is 1.19 bits per heavy atom. The summed E-state index contributed by atoms with van der Waals surface area (Å²) in [6.07, 6.45) is 6.50. The number of piperidine rings is 1. The number of nitrogens with one attached hydrogen (secondary N) is 1. The third kappa shape index (κ3) is 5.54. The average Bonchev–Trinajstić information content (AvgIpc) is 2.66. The van der Waals surface area contributed by atoms with Crippen molar-refractivity contribution in [3.63, 3.8) is 0 Å². The largest absolute Gasteiger partial charge is 0.438 e. The van der Waals surface area contributed by atoms with E-state index >= 15 is 0 Å². The van der Waals surface area contributed by atoms with E-state index in [2.05, 4.69) is 31.1 Å². The normalized spacial score (nSPS) is 14.8. The Balaban J connectivity index is 1.53. The molecule has 2 aromatic rings. The van der Waals surface area contributed by atoms with E-state index < -0.39 is 0 Å². The van der Waals surface area contributed by atoms with Crippen LogP contribution in [0.3, 0.4) is 0 Å². The number of ether oxygens (including phenoxy) is 1. The van der Waals surface area contributed by atoms with E-state index in [0.29, 0.717) is 23.7 Å². The maximum absolute atomic E-state index is 12.5. The summed E-state index contributed by atoms with van der Waals surface area (Å²) in [7, 11) is 0. The lowest BCUT2D eigenvalue weighted by Gasteiger charge is -2.26. The Morgan fingerprint density at radius 3 is 2.85 bits per heavy atom. The van der Waals surface area contributed by atoms with Gasteiger partial charge >= 0.3 is 0 Å². The second kappa shape index (κ2) is 9.69. The van der Waals surface area contributed by atoms with Gasteiger partial charge in [0.15, 0.2) is 0 Å². The van der Waals surface area contributed by atoms with E-state index in [4.69, 9.17) is 4.74 Å². The summed E-state index contributed by atoms with van der Waals surface area (Å²) < 4.78 is 6.71. The van der Waals surface area contributed by atoms with Gasteiger partial charge in [-0.1, -0.05) is 28.4 Å². The van der Waals surface area contributed by atoms with Gasteiger partial charge in [0.25, 0.3) is 5.91 Å². The molecule has 26 heavy (non-hydrogen) atoms. The molecule has 5 nitrogen and oxygen atoms in total. The third-order valence-corrected chi connectivity index (χ3v) is 4.90. The fraction of sp³-hybridized carbons (Fsp3) is 0.400. The molecule has 0 atom stereocenters. The van der Waals surface area contributed by atoms with Gasteiger partial charge in [0, 0.05) is 17.2 Å². The van der Waals surface area contributed by atoms with Gasteiger partial charge in [0.05, 0.1) is 0 Å². The Morgan fingerprint density at radius 2 is 2.04 bits per heavy atom.